The van der Waals surface area contributed by atoms with E-state index in [0.29, 0.717) is 0 Å². The third-order valence-corrected chi connectivity index (χ3v) is 3.06. The van der Waals surface area contributed by atoms with Crippen LogP contribution in [0.1, 0.15) is 15.9 Å². The van der Waals surface area contributed by atoms with Gasteiger partial charge in [-0.1, -0.05) is 42.5 Å². The summed E-state index contributed by atoms with van der Waals surface area (Å²) in [7, 11) is 1.35. The van der Waals surface area contributed by atoms with Crippen LogP contribution in [-0.2, 0) is 11.4 Å². The summed E-state index contributed by atoms with van der Waals surface area (Å²) in [5.41, 5.74) is 0.488. The van der Waals surface area contributed by atoms with Crippen LogP contribution in [0, 0.1) is 0 Å². The Balaban J connectivity index is 2.36. The van der Waals surface area contributed by atoms with E-state index in [1.807, 2.05) is 30.3 Å². The molecule has 0 unspecified atom stereocenters. The van der Waals surface area contributed by atoms with Crippen LogP contribution in [0.25, 0.3) is 0 Å². The van der Waals surface area contributed by atoms with Crippen LogP contribution in [0.4, 0.5) is 18.9 Å². The van der Waals surface area contributed by atoms with Gasteiger partial charge in [-0.25, -0.2) is 5.06 Å². The molecule has 0 radical (unpaired) electrons. The summed E-state index contributed by atoms with van der Waals surface area (Å²) in [5.74, 6) is -1.89. The molecular formula is C16H14F3NO2. The normalized spacial score (nSPS) is 11.3. The smallest absolute Gasteiger partial charge is 0.284 e. The third-order valence-electron chi connectivity index (χ3n) is 3.06. The van der Waals surface area contributed by atoms with Crippen molar-refractivity contribution in [3.63, 3.8) is 0 Å². The van der Waals surface area contributed by atoms with Crippen LogP contribution in [0.15, 0.2) is 54.6 Å². The molecule has 0 aliphatic heterocycles. The number of carbonyl (C=O) groups is 1. The molecule has 0 aliphatic carbocycles. The van der Waals surface area contributed by atoms with Crippen LogP contribution < -0.4 is 5.06 Å². The van der Waals surface area contributed by atoms with Crippen molar-refractivity contribution in [2.75, 3.05) is 12.2 Å². The van der Waals surface area contributed by atoms with Crippen LogP contribution in [-0.4, -0.2) is 19.1 Å². The first-order valence-corrected chi connectivity index (χ1v) is 6.49. The summed E-state index contributed by atoms with van der Waals surface area (Å²) in [6.07, 6.45) is -4.93. The number of alkyl halides is 3. The monoisotopic (exact) mass is 309 g/mol. The second kappa shape index (κ2) is 6.62. The Morgan fingerprint density at radius 3 is 2.23 bits per heavy atom. The highest BCUT2D eigenvalue weighted by molar-refractivity contribution is 6.04. The molecule has 0 aromatic heterocycles. The van der Waals surface area contributed by atoms with E-state index in [4.69, 9.17) is 4.84 Å². The maximum absolute atomic E-state index is 12.7. The number of carbonyl (C=O) groups excluding carboxylic acids is 1. The van der Waals surface area contributed by atoms with Gasteiger partial charge in [0.1, 0.15) is 0 Å². The highest BCUT2D eigenvalue weighted by Crippen LogP contribution is 2.29. The van der Waals surface area contributed by atoms with Gasteiger partial charge in [0, 0.05) is 0 Å². The van der Waals surface area contributed by atoms with Gasteiger partial charge < -0.3 is 0 Å². The number of anilines is 1. The number of hydroxylamine groups is 1. The number of hydrogen-bond donors (Lipinski definition) is 0. The second-order valence-corrected chi connectivity index (χ2v) is 4.55. The zero-order valence-electron chi connectivity index (χ0n) is 11.8. The van der Waals surface area contributed by atoms with Crippen LogP contribution in [0.5, 0.6) is 0 Å². The molecule has 0 fully saturated rings. The number of halogens is 3. The lowest BCUT2D eigenvalue weighted by atomic mass is 10.1. The zero-order valence-corrected chi connectivity index (χ0v) is 11.8. The molecule has 0 aliphatic rings. The molecule has 2 aromatic rings. The van der Waals surface area contributed by atoms with E-state index < -0.39 is 17.5 Å². The molecule has 3 nitrogen and oxygen atoms in total. The largest absolute Gasteiger partial charge is 0.454 e. The van der Waals surface area contributed by atoms with Crippen molar-refractivity contribution in [2.24, 2.45) is 0 Å². The fraction of sp³-hybridized carbons (Fsp3) is 0.188. The molecular weight excluding hydrogens is 295 g/mol. The third kappa shape index (κ3) is 3.65. The van der Waals surface area contributed by atoms with Gasteiger partial charge in [0.2, 0.25) is 0 Å². The predicted molar refractivity (Wildman–Crippen MR) is 76.5 cm³/mol. The molecule has 2 aromatic carbocycles. The number of benzene rings is 2. The Hall–Kier alpha value is -2.34. The summed E-state index contributed by atoms with van der Waals surface area (Å²) in [4.78, 5) is 16.7. The van der Waals surface area contributed by atoms with Crippen molar-refractivity contribution < 1.29 is 22.8 Å². The molecule has 0 bridgehead atoms. The van der Waals surface area contributed by atoms with Crippen molar-refractivity contribution in [1.82, 2.24) is 0 Å². The van der Waals surface area contributed by atoms with Crippen LogP contribution in [0.2, 0.25) is 0 Å². The average Bonchev–Trinajstić information content (AvgIpc) is 2.52. The van der Waals surface area contributed by atoms with Gasteiger partial charge in [-0.3, -0.25) is 9.63 Å². The number of hydrogen-bond acceptors (Lipinski definition) is 3. The lowest BCUT2D eigenvalue weighted by Crippen LogP contribution is -2.28. The maximum atomic E-state index is 12.7. The van der Waals surface area contributed by atoms with Gasteiger partial charge >= 0.3 is 6.18 Å². The highest BCUT2D eigenvalue weighted by Gasteiger charge is 2.40. The Kier molecular flexibility index (Phi) is 4.82. The molecule has 0 N–H and O–H groups in total. The van der Waals surface area contributed by atoms with E-state index in [9.17, 15) is 18.0 Å². The van der Waals surface area contributed by atoms with Crippen molar-refractivity contribution in [3.05, 3.63) is 65.7 Å². The van der Waals surface area contributed by atoms with E-state index in [1.54, 1.807) is 6.07 Å². The Morgan fingerprint density at radius 2 is 1.64 bits per heavy atom. The molecule has 2 rings (SSSR count). The van der Waals surface area contributed by atoms with Crippen LogP contribution in [0.3, 0.4) is 0 Å². The first-order chi connectivity index (χ1) is 10.4. The molecule has 22 heavy (non-hydrogen) atoms. The number of Topliss-reactive ketones (excluding diaryl/α,β-unsaturated/α-hetero) is 1. The zero-order chi connectivity index (χ0) is 16.2. The molecule has 0 spiro atoms. The highest BCUT2D eigenvalue weighted by atomic mass is 19.4. The van der Waals surface area contributed by atoms with Gasteiger partial charge in [0.25, 0.3) is 5.78 Å². The Labute approximate surface area is 125 Å². The van der Waals surface area contributed by atoms with Crippen LogP contribution >= 0.6 is 0 Å². The Bertz CT molecular complexity index is 641. The van der Waals surface area contributed by atoms with Gasteiger partial charge in [-0.2, -0.15) is 13.2 Å². The van der Waals surface area contributed by atoms with Crippen molar-refractivity contribution in [2.45, 2.75) is 12.7 Å². The molecule has 6 heteroatoms. The number of para-hydroxylation sites is 1. The van der Waals surface area contributed by atoms with Crippen molar-refractivity contribution in [1.29, 1.82) is 0 Å². The fourth-order valence-corrected chi connectivity index (χ4v) is 2.03. The standard InChI is InChI=1S/C16H14F3NO2/c1-22-20(11-12-7-3-2-4-8-12)14-10-6-5-9-13(14)15(21)16(17,18)19/h2-10H,11H2,1H3. The molecule has 0 amide bonds. The molecule has 116 valence electrons. The van der Waals surface area contributed by atoms with Gasteiger partial charge in [-0.15, -0.1) is 0 Å². The molecule has 0 saturated heterocycles. The lowest BCUT2D eigenvalue weighted by molar-refractivity contribution is -0.0885. The summed E-state index contributed by atoms with van der Waals surface area (Å²) in [6, 6.07) is 14.6. The fourth-order valence-electron chi connectivity index (χ4n) is 2.03. The topological polar surface area (TPSA) is 29.5 Å². The van der Waals surface area contributed by atoms with E-state index in [0.717, 1.165) is 11.6 Å². The van der Waals surface area contributed by atoms with Gasteiger partial charge in [0.05, 0.1) is 24.9 Å². The van der Waals surface area contributed by atoms with Gasteiger partial charge in [0.15, 0.2) is 0 Å². The number of rotatable bonds is 5. The van der Waals surface area contributed by atoms with E-state index in [-0.39, 0.29) is 12.2 Å². The summed E-state index contributed by atoms with van der Waals surface area (Å²) in [5, 5.41) is 1.26. The minimum absolute atomic E-state index is 0.0798. The molecule has 0 heterocycles. The van der Waals surface area contributed by atoms with Crippen molar-refractivity contribution >= 4 is 11.5 Å². The molecule has 0 saturated carbocycles. The summed E-state index contributed by atoms with van der Waals surface area (Å²) < 4.78 is 38.1. The first-order valence-electron chi connectivity index (χ1n) is 6.49. The van der Waals surface area contributed by atoms with Gasteiger partial charge in [-0.05, 0) is 17.7 Å². The summed E-state index contributed by atoms with van der Waals surface area (Å²) >= 11 is 0. The van der Waals surface area contributed by atoms with E-state index >= 15 is 0 Å². The average molecular weight is 309 g/mol. The quantitative estimate of drug-likeness (QED) is 0.617. The van der Waals surface area contributed by atoms with E-state index in [2.05, 4.69) is 0 Å². The second-order valence-electron chi connectivity index (χ2n) is 4.55. The minimum Gasteiger partial charge on any atom is -0.284 e. The first kappa shape index (κ1) is 16.0. The minimum atomic E-state index is -4.93. The number of ketones is 1. The van der Waals surface area contributed by atoms with E-state index in [1.165, 1.54) is 24.3 Å². The maximum Gasteiger partial charge on any atom is 0.454 e. The SMILES string of the molecule is CON(Cc1ccccc1)c1ccccc1C(=O)C(F)(F)F. The predicted octanol–water partition coefficient (Wildman–Crippen LogP) is 4.00. The number of nitrogens with zero attached hydrogens (tertiary/aromatic N) is 1. The molecule has 0 atom stereocenters. The van der Waals surface area contributed by atoms with Crippen molar-refractivity contribution in [3.8, 4) is 0 Å². The summed E-state index contributed by atoms with van der Waals surface area (Å²) in [6.45, 7) is 0.222. The lowest BCUT2D eigenvalue weighted by Gasteiger charge is -2.24. The Morgan fingerprint density at radius 1 is 1.05 bits per heavy atom.